The number of nitrogens with two attached hydrogens (primary N) is 1. The summed E-state index contributed by atoms with van der Waals surface area (Å²) in [7, 11) is -3.01. The summed E-state index contributed by atoms with van der Waals surface area (Å²) in [6.07, 6.45) is 0.954. The average molecular weight is 217 g/mol. The highest BCUT2D eigenvalue weighted by molar-refractivity contribution is 7.92. The van der Waals surface area contributed by atoms with Gasteiger partial charge >= 0.3 is 0 Å². The minimum Gasteiger partial charge on any atom is -0.312 e. The fourth-order valence-electron chi connectivity index (χ4n) is 1.37. The van der Waals surface area contributed by atoms with E-state index in [1.807, 2.05) is 0 Å². The average Bonchev–Trinajstić information content (AvgIpc) is 2.45. The van der Waals surface area contributed by atoms with Crippen LogP contribution in [0.3, 0.4) is 0 Å². The Hall–Kier alpha value is -0.430. The van der Waals surface area contributed by atoms with Crippen LogP contribution >= 0.6 is 11.3 Å². The van der Waals surface area contributed by atoms with Gasteiger partial charge in [0.1, 0.15) is 14.1 Å². The molecule has 2 heterocycles. The third kappa shape index (κ3) is 1.76. The number of nitrogens with one attached hydrogen (secondary N) is 2. The van der Waals surface area contributed by atoms with E-state index in [1.54, 1.807) is 6.07 Å². The van der Waals surface area contributed by atoms with Crippen molar-refractivity contribution in [3.63, 3.8) is 0 Å². The summed E-state index contributed by atoms with van der Waals surface area (Å²) in [5.41, 5.74) is 1.15. The summed E-state index contributed by atoms with van der Waals surface area (Å²) in [6, 6.07) is 1.79. The molecule has 72 valence electrons. The highest BCUT2D eigenvalue weighted by Gasteiger charge is 2.16. The van der Waals surface area contributed by atoms with E-state index < -0.39 is 9.92 Å². The number of thiophene rings is 1. The molecule has 0 fully saturated rings. The fraction of sp³-hybridized carbons (Fsp3) is 0.429. The van der Waals surface area contributed by atoms with Gasteiger partial charge in [-0.1, -0.05) is 0 Å². The molecule has 0 radical (unpaired) electrons. The number of fused-ring (bicyclic) bond motifs is 1. The lowest BCUT2D eigenvalue weighted by molar-refractivity contribution is 0.652. The van der Waals surface area contributed by atoms with Gasteiger partial charge in [-0.3, -0.25) is 0 Å². The predicted octanol–water partition coefficient (Wildman–Crippen LogP) is 0.673. The number of hydrogen-bond acceptors (Lipinski definition) is 4. The second-order valence-corrected chi connectivity index (χ2v) is 6.08. The summed E-state index contributed by atoms with van der Waals surface area (Å²) in [6.45, 7) is 1.76. The molecule has 1 aliphatic heterocycles. The third-order valence-electron chi connectivity index (χ3n) is 2.02. The molecule has 0 aliphatic carbocycles. The Balaban J connectivity index is 2.47. The maximum Gasteiger partial charge on any atom is 0.141 e. The van der Waals surface area contributed by atoms with Gasteiger partial charge in [0.05, 0.1) is 0 Å². The van der Waals surface area contributed by atoms with Gasteiger partial charge in [-0.05, 0) is 18.1 Å². The van der Waals surface area contributed by atoms with E-state index in [1.165, 1.54) is 16.2 Å². The van der Waals surface area contributed by atoms with Gasteiger partial charge in [-0.2, -0.15) is 0 Å². The third-order valence-corrected chi connectivity index (χ3v) is 4.76. The highest BCUT2D eigenvalue weighted by Crippen LogP contribution is 2.27. The van der Waals surface area contributed by atoms with E-state index in [9.17, 15) is 4.21 Å². The van der Waals surface area contributed by atoms with E-state index >= 15 is 0 Å². The van der Waals surface area contributed by atoms with Crippen LogP contribution in [0.1, 0.15) is 10.4 Å². The summed E-state index contributed by atoms with van der Waals surface area (Å²) >= 11 is 1.41. The zero-order chi connectivity index (χ0) is 9.47. The lowest BCUT2D eigenvalue weighted by atomic mass is 10.1. The van der Waals surface area contributed by atoms with E-state index in [4.69, 9.17) is 9.92 Å². The van der Waals surface area contributed by atoms with Gasteiger partial charge in [-0.25, -0.2) is 14.1 Å². The zero-order valence-corrected chi connectivity index (χ0v) is 8.63. The van der Waals surface area contributed by atoms with Gasteiger partial charge in [0.15, 0.2) is 0 Å². The van der Waals surface area contributed by atoms with Crippen molar-refractivity contribution in [1.82, 2.24) is 5.32 Å². The molecule has 0 amide bonds. The van der Waals surface area contributed by atoms with Crippen molar-refractivity contribution < 1.29 is 4.21 Å². The van der Waals surface area contributed by atoms with Crippen LogP contribution in [0, 0.1) is 4.78 Å². The first-order chi connectivity index (χ1) is 6.07. The maximum atomic E-state index is 11.2. The smallest absolute Gasteiger partial charge is 0.141 e. The second kappa shape index (κ2) is 3.06. The highest BCUT2D eigenvalue weighted by atomic mass is 32.2. The summed E-state index contributed by atoms with van der Waals surface area (Å²) in [4.78, 5) is 1.22. The normalized spacial score (nSPS) is 20.7. The lowest BCUT2D eigenvalue weighted by Crippen LogP contribution is -2.21. The van der Waals surface area contributed by atoms with Crippen LogP contribution < -0.4 is 10.5 Å². The van der Waals surface area contributed by atoms with Crippen LogP contribution in [0.4, 0.5) is 0 Å². The molecule has 1 unspecified atom stereocenters. The lowest BCUT2D eigenvalue weighted by Gasteiger charge is -2.10. The maximum absolute atomic E-state index is 11.2. The summed E-state index contributed by atoms with van der Waals surface area (Å²) in [5.74, 6) is 0. The fourth-order valence-corrected chi connectivity index (χ4v) is 3.40. The molecule has 1 aromatic rings. The van der Waals surface area contributed by atoms with Gasteiger partial charge in [0.25, 0.3) is 0 Å². The zero-order valence-electron chi connectivity index (χ0n) is 7.00. The van der Waals surface area contributed by atoms with Gasteiger partial charge in [-0.15, -0.1) is 11.3 Å². The molecular weight excluding hydrogens is 206 g/mol. The van der Waals surface area contributed by atoms with Crippen molar-refractivity contribution in [2.75, 3.05) is 6.54 Å². The second-order valence-electron chi connectivity index (χ2n) is 3.04. The quantitative estimate of drug-likeness (QED) is 0.646. The molecule has 0 saturated heterocycles. The van der Waals surface area contributed by atoms with Crippen LogP contribution in [0.25, 0.3) is 0 Å². The van der Waals surface area contributed by atoms with E-state index in [-0.39, 0.29) is 0 Å². The Bertz CT molecular complexity index is 397. The van der Waals surface area contributed by atoms with Gasteiger partial charge < -0.3 is 5.32 Å². The van der Waals surface area contributed by atoms with Crippen molar-refractivity contribution >= 4 is 21.3 Å². The summed E-state index contributed by atoms with van der Waals surface area (Å²) < 4.78 is 19.0. The van der Waals surface area contributed by atoms with Crippen LogP contribution in [0.2, 0.25) is 0 Å². The molecule has 1 aliphatic rings. The monoisotopic (exact) mass is 217 g/mol. The minimum atomic E-state index is -3.01. The van der Waals surface area contributed by atoms with E-state index in [2.05, 4.69) is 5.32 Å². The Labute approximate surface area is 81.3 Å². The van der Waals surface area contributed by atoms with Crippen LogP contribution in [-0.4, -0.2) is 10.8 Å². The Morgan fingerprint density at radius 2 is 2.46 bits per heavy atom. The Morgan fingerprint density at radius 1 is 1.69 bits per heavy atom. The number of hydrogen-bond donors (Lipinski definition) is 3. The molecule has 0 aromatic carbocycles. The van der Waals surface area contributed by atoms with Crippen LogP contribution in [0.15, 0.2) is 10.3 Å². The van der Waals surface area contributed by atoms with Crippen molar-refractivity contribution in [3.05, 3.63) is 16.5 Å². The van der Waals surface area contributed by atoms with Crippen LogP contribution in [0.5, 0.6) is 0 Å². The van der Waals surface area contributed by atoms with Gasteiger partial charge in [0, 0.05) is 18.0 Å². The minimum absolute atomic E-state index is 0.501. The first kappa shape index (κ1) is 9.14. The molecule has 4 nitrogen and oxygen atoms in total. The van der Waals surface area contributed by atoms with Crippen molar-refractivity contribution in [1.29, 1.82) is 4.78 Å². The first-order valence-electron chi connectivity index (χ1n) is 3.96. The van der Waals surface area contributed by atoms with E-state index in [0.717, 1.165) is 25.1 Å². The Kier molecular flexibility index (Phi) is 2.15. The SMILES string of the molecule is N=S(N)(=O)c1cc2c(s1)CCNC2. The van der Waals surface area contributed by atoms with Gasteiger partial charge in [0.2, 0.25) is 0 Å². The molecule has 0 spiro atoms. The number of rotatable bonds is 1. The molecule has 4 N–H and O–H groups in total. The molecule has 1 atom stereocenters. The molecule has 0 saturated carbocycles. The first-order valence-corrected chi connectivity index (χ1v) is 6.40. The molecule has 2 rings (SSSR count). The van der Waals surface area contributed by atoms with Crippen molar-refractivity contribution in [2.24, 2.45) is 5.14 Å². The molecule has 1 aromatic heterocycles. The van der Waals surface area contributed by atoms with Crippen LogP contribution in [-0.2, 0) is 22.9 Å². The molecular formula is C7H11N3OS2. The predicted molar refractivity (Wildman–Crippen MR) is 53.0 cm³/mol. The standard InChI is InChI=1S/C7H11N3OS2/c8-13(9,11)7-3-5-4-10-2-1-6(5)12-7/h3,10H,1-2,4H2,(H3,8,9,11). The molecule has 13 heavy (non-hydrogen) atoms. The summed E-state index contributed by atoms with van der Waals surface area (Å²) in [5, 5.41) is 8.47. The largest absolute Gasteiger partial charge is 0.312 e. The topological polar surface area (TPSA) is 79.0 Å². The molecule has 0 bridgehead atoms. The van der Waals surface area contributed by atoms with E-state index in [0.29, 0.717) is 4.21 Å². The van der Waals surface area contributed by atoms with Crippen molar-refractivity contribution in [2.45, 2.75) is 17.2 Å². The Morgan fingerprint density at radius 3 is 3.08 bits per heavy atom. The van der Waals surface area contributed by atoms with Crippen molar-refractivity contribution in [3.8, 4) is 0 Å². The molecule has 6 heteroatoms.